The maximum absolute atomic E-state index is 9.17. The van der Waals surface area contributed by atoms with Crippen molar-refractivity contribution >= 4 is 41.5 Å². The van der Waals surface area contributed by atoms with Crippen LogP contribution in [0, 0.1) is 0 Å². The van der Waals surface area contributed by atoms with Crippen molar-refractivity contribution in [3.8, 4) is 0 Å². The van der Waals surface area contributed by atoms with Crippen LogP contribution in [0.3, 0.4) is 0 Å². The molecule has 7 heteroatoms. The van der Waals surface area contributed by atoms with Crippen LogP contribution in [0.25, 0.3) is 10.9 Å². The molecule has 16 heavy (non-hydrogen) atoms. The Morgan fingerprint density at radius 2 is 2.06 bits per heavy atom. The van der Waals surface area contributed by atoms with Crippen LogP contribution in [-0.4, -0.2) is 14.7 Å². The zero-order chi connectivity index (χ0) is 10.1. The van der Waals surface area contributed by atoms with Crippen LogP contribution in [0.2, 0.25) is 0 Å². The lowest BCUT2D eigenvalue weighted by Gasteiger charge is -2.04. The van der Waals surface area contributed by atoms with E-state index in [1.807, 2.05) is 6.07 Å². The Kier molecular flexibility index (Phi) is 5.53. The summed E-state index contributed by atoms with van der Waals surface area (Å²) in [5, 5.41) is 10.0. The number of halogens is 2. The third-order valence-electron chi connectivity index (χ3n) is 2.30. The topological polar surface area (TPSA) is 90.1 Å². The van der Waals surface area contributed by atoms with Gasteiger partial charge in [-0.2, -0.15) is 0 Å². The van der Waals surface area contributed by atoms with E-state index in [-0.39, 0.29) is 31.5 Å². The average Bonchev–Trinajstić information content (AvgIpc) is 2.57. The Morgan fingerprint density at radius 3 is 2.62 bits per heavy atom. The van der Waals surface area contributed by atoms with Gasteiger partial charge < -0.3 is 21.1 Å². The molecule has 0 aliphatic heterocycles. The molecule has 0 bridgehead atoms. The molecule has 0 spiro atoms. The molecule has 0 fully saturated rings. The number of fused-ring (bicyclic) bond motifs is 1. The molecular weight excluding hydrogens is 251 g/mol. The Bertz CT molecular complexity index is 472. The van der Waals surface area contributed by atoms with Crippen LogP contribution < -0.4 is 11.5 Å². The number of rotatable bonds is 2. The number of aromatic nitrogens is 2. The lowest BCUT2D eigenvalue weighted by Crippen LogP contribution is -2.06. The molecule has 2 aromatic heterocycles. The minimum Gasteiger partial charge on any atom is -0.383 e. The Hall–Kier alpha value is -1.01. The molecule has 0 aliphatic rings. The second-order valence-corrected chi connectivity index (χ2v) is 3.04. The number of pyridine rings is 1. The fourth-order valence-corrected chi connectivity index (χ4v) is 1.60. The monoisotopic (exact) mass is 264 g/mol. The second-order valence-electron chi connectivity index (χ2n) is 3.04. The predicted molar refractivity (Wildman–Crippen MR) is 68.8 cm³/mol. The van der Waals surface area contributed by atoms with Crippen LogP contribution in [0.4, 0.5) is 5.82 Å². The summed E-state index contributed by atoms with van der Waals surface area (Å²) in [5.74, 6) is 0.462. The molecule has 0 saturated heterocycles. The number of nitrogens with zero attached hydrogens (tertiary/aromatic N) is 2. The first-order chi connectivity index (χ1) is 6.77. The quantitative estimate of drug-likeness (QED) is 0.751. The molecule has 0 radical (unpaired) electrons. The zero-order valence-electron chi connectivity index (χ0n) is 8.46. The van der Waals surface area contributed by atoms with Gasteiger partial charge in [0, 0.05) is 23.8 Å². The molecule has 0 aromatic carbocycles. The summed E-state index contributed by atoms with van der Waals surface area (Å²) in [7, 11) is 0. The second kappa shape index (κ2) is 5.91. The molecular formula is C9H14Cl2N4O. The van der Waals surface area contributed by atoms with Crippen molar-refractivity contribution in [1.29, 1.82) is 0 Å². The fraction of sp³-hybridized carbons (Fsp3) is 0.222. The molecule has 0 aliphatic carbocycles. The molecule has 90 valence electrons. The minimum atomic E-state index is -0.0977. The van der Waals surface area contributed by atoms with Crippen molar-refractivity contribution in [2.24, 2.45) is 5.73 Å². The van der Waals surface area contributed by atoms with Gasteiger partial charge in [-0.15, -0.1) is 24.8 Å². The molecule has 5 nitrogen and oxygen atoms in total. The molecule has 0 unspecified atom stereocenters. The van der Waals surface area contributed by atoms with Crippen LogP contribution in [0.1, 0.15) is 5.69 Å². The summed E-state index contributed by atoms with van der Waals surface area (Å²) in [6.45, 7) is 0.272. The SMILES string of the molecule is Cl.Cl.NCc1cc2c(N)nccc2n1CO. The van der Waals surface area contributed by atoms with Crippen LogP contribution in [0.5, 0.6) is 0 Å². The Labute approximate surface area is 105 Å². The lowest BCUT2D eigenvalue weighted by atomic mass is 10.3. The van der Waals surface area contributed by atoms with Gasteiger partial charge in [-0.05, 0) is 12.1 Å². The van der Waals surface area contributed by atoms with Crippen molar-refractivity contribution in [1.82, 2.24) is 9.55 Å². The number of nitrogen functional groups attached to an aromatic ring is 1. The van der Waals surface area contributed by atoms with Crippen LogP contribution in [0.15, 0.2) is 18.3 Å². The van der Waals surface area contributed by atoms with Crippen molar-refractivity contribution < 1.29 is 5.11 Å². The van der Waals surface area contributed by atoms with Gasteiger partial charge in [-0.1, -0.05) is 0 Å². The molecule has 2 rings (SSSR count). The van der Waals surface area contributed by atoms with Crippen LogP contribution in [-0.2, 0) is 13.3 Å². The van der Waals surface area contributed by atoms with Crippen molar-refractivity contribution in [2.45, 2.75) is 13.3 Å². The summed E-state index contributed by atoms with van der Waals surface area (Å²) >= 11 is 0. The standard InChI is InChI=1S/C9H12N4O.2ClH/c10-4-6-3-7-8(13(6)5-14)1-2-12-9(7)11;;/h1-3,14H,4-5,10H2,(H2,11,12);2*1H. The van der Waals surface area contributed by atoms with Gasteiger partial charge in [-0.3, -0.25) is 0 Å². The first-order valence-corrected chi connectivity index (χ1v) is 4.31. The summed E-state index contributed by atoms with van der Waals surface area (Å²) < 4.78 is 1.72. The van der Waals surface area contributed by atoms with Gasteiger partial charge in [0.05, 0.1) is 5.52 Å². The molecule has 5 N–H and O–H groups in total. The first-order valence-electron chi connectivity index (χ1n) is 4.31. The normalized spacial score (nSPS) is 9.62. The molecule has 2 heterocycles. The maximum Gasteiger partial charge on any atom is 0.132 e. The van der Waals surface area contributed by atoms with E-state index in [2.05, 4.69) is 4.98 Å². The number of hydrogen-bond acceptors (Lipinski definition) is 4. The summed E-state index contributed by atoms with van der Waals surface area (Å²) in [6, 6.07) is 3.66. The first kappa shape index (κ1) is 15.0. The Balaban J connectivity index is 0.00000112. The maximum atomic E-state index is 9.17. The van der Waals surface area contributed by atoms with Crippen LogP contribution >= 0.6 is 24.8 Å². The molecule has 0 atom stereocenters. The van der Waals surface area contributed by atoms with Gasteiger partial charge in [0.1, 0.15) is 12.5 Å². The highest BCUT2D eigenvalue weighted by Gasteiger charge is 2.08. The van der Waals surface area contributed by atoms with Crippen molar-refractivity contribution in [3.63, 3.8) is 0 Å². The summed E-state index contributed by atoms with van der Waals surface area (Å²) in [4.78, 5) is 3.97. The number of anilines is 1. The molecule has 0 amide bonds. The van der Waals surface area contributed by atoms with E-state index in [1.165, 1.54) is 0 Å². The zero-order valence-corrected chi connectivity index (χ0v) is 10.1. The number of aliphatic hydroxyl groups excluding tert-OH is 1. The summed E-state index contributed by atoms with van der Waals surface area (Å²) in [5.41, 5.74) is 13.0. The number of aliphatic hydroxyl groups is 1. The smallest absolute Gasteiger partial charge is 0.132 e. The molecule has 2 aromatic rings. The van der Waals surface area contributed by atoms with Gasteiger partial charge in [0.25, 0.3) is 0 Å². The van der Waals surface area contributed by atoms with Gasteiger partial charge in [0.15, 0.2) is 0 Å². The Morgan fingerprint density at radius 1 is 1.38 bits per heavy atom. The van der Waals surface area contributed by atoms with Gasteiger partial charge >= 0.3 is 0 Å². The van der Waals surface area contributed by atoms with Gasteiger partial charge in [0.2, 0.25) is 0 Å². The van der Waals surface area contributed by atoms with Gasteiger partial charge in [-0.25, -0.2) is 4.98 Å². The van der Waals surface area contributed by atoms with E-state index in [0.29, 0.717) is 12.4 Å². The highest BCUT2D eigenvalue weighted by molar-refractivity contribution is 5.89. The van der Waals surface area contributed by atoms with E-state index >= 15 is 0 Å². The van der Waals surface area contributed by atoms with Crippen molar-refractivity contribution in [2.75, 3.05) is 5.73 Å². The fourth-order valence-electron chi connectivity index (χ4n) is 1.60. The average molecular weight is 265 g/mol. The van der Waals surface area contributed by atoms with E-state index in [1.54, 1.807) is 16.8 Å². The minimum absolute atomic E-state index is 0. The predicted octanol–water partition coefficient (Wildman–Crippen LogP) is 0.871. The third-order valence-corrected chi connectivity index (χ3v) is 2.30. The van der Waals surface area contributed by atoms with E-state index < -0.39 is 0 Å². The van der Waals surface area contributed by atoms with E-state index in [4.69, 9.17) is 11.5 Å². The largest absolute Gasteiger partial charge is 0.383 e. The van der Waals surface area contributed by atoms with E-state index in [9.17, 15) is 5.11 Å². The summed E-state index contributed by atoms with van der Waals surface area (Å²) in [6.07, 6.45) is 1.62. The third kappa shape index (κ3) is 2.22. The lowest BCUT2D eigenvalue weighted by molar-refractivity contribution is 0.212. The van der Waals surface area contributed by atoms with E-state index in [0.717, 1.165) is 16.6 Å². The number of nitrogens with two attached hydrogens (primary N) is 2. The highest BCUT2D eigenvalue weighted by Crippen LogP contribution is 2.22. The number of hydrogen-bond donors (Lipinski definition) is 3. The highest BCUT2D eigenvalue weighted by atomic mass is 35.5. The molecule has 0 saturated carbocycles. The van der Waals surface area contributed by atoms with Crippen molar-refractivity contribution in [3.05, 3.63) is 24.0 Å².